The SMILES string of the molecule is O=C(O)C(Cc1ccc(OCc2c(Cl)cccc2Cl)cc1)NC(=O)C1OCOC1C(=O)NCC1CCCO1. The maximum Gasteiger partial charge on any atom is 0.326 e. The lowest BCUT2D eigenvalue weighted by molar-refractivity contribution is -0.144. The highest BCUT2D eigenvalue weighted by Gasteiger charge is 2.41. The van der Waals surface area contributed by atoms with E-state index in [4.69, 9.17) is 42.1 Å². The molecule has 2 heterocycles. The highest BCUT2D eigenvalue weighted by molar-refractivity contribution is 6.35. The van der Waals surface area contributed by atoms with Gasteiger partial charge in [0.2, 0.25) is 0 Å². The number of benzene rings is 2. The molecule has 2 saturated heterocycles. The van der Waals surface area contributed by atoms with Crippen molar-refractivity contribution in [3.05, 3.63) is 63.6 Å². The summed E-state index contributed by atoms with van der Waals surface area (Å²) in [6.45, 7) is 0.862. The predicted molar refractivity (Wildman–Crippen MR) is 137 cm³/mol. The Balaban J connectivity index is 1.30. The van der Waals surface area contributed by atoms with Gasteiger partial charge in [-0.1, -0.05) is 41.4 Å². The summed E-state index contributed by atoms with van der Waals surface area (Å²) in [5.74, 6) is -1.96. The number of carboxylic acid groups (broad SMARTS) is 1. The zero-order chi connectivity index (χ0) is 27.1. The van der Waals surface area contributed by atoms with Crippen LogP contribution in [0.3, 0.4) is 0 Å². The number of carbonyl (C=O) groups is 3. The minimum absolute atomic E-state index is 0.00114. The third-order valence-corrected chi connectivity index (χ3v) is 6.95. The molecule has 10 nitrogen and oxygen atoms in total. The summed E-state index contributed by atoms with van der Waals surface area (Å²) < 4.78 is 21.8. The quantitative estimate of drug-likeness (QED) is 0.378. The second kappa shape index (κ2) is 13.3. The minimum Gasteiger partial charge on any atom is -0.489 e. The van der Waals surface area contributed by atoms with Crippen LogP contribution in [0.4, 0.5) is 0 Å². The van der Waals surface area contributed by atoms with Crippen molar-refractivity contribution in [1.82, 2.24) is 10.6 Å². The van der Waals surface area contributed by atoms with Crippen LogP contribution in [0.25, 0.3) is 0 Å². The molecule has 4 atom stereocenters. The molecule has 2 aliphatic rings. The molecule has 2 aromatic carbocycles. The highest BCUT2D eigenvalue weighted by atomic mass is 35.5. The summed E-state index contributed by atoms with van der Waals surface area (Å²) >= 11 is 12.3. The van der Waals surface area contributed by atoms with Gasteiger partial charge >= 0.3 is 5.97 Å². The number of aliphatic carboxylic acids is 1. The first-order valence-corrected chi connectivity index (χ1v) is 12.9. The zero-order valence-electron chi connectivity index (χ0n) is 20.4. The third kappa shape index (κ3) is 7.36. The molecule has 2 aromatic rings. The van der Waals surface area contributed by atoms with Crippen molar-refractivity contribution in [2.24, 2.45) is 0 Å². The highest BCUT2D eigenvalue weighted by Crippen LogP contribution is 2.26. The first-order chi connectivity index (χ1) is 18.3. The molecule has 0 saturated carbocycles. The lowest BCUT2D eigenvalue weighted by Gasteiger charge is -2.20. The van der Waals surface area contributed by atoms with Crippen LogP contribution in [0.1, 0.15) is 24.0 Å². The van der Waals surface area contributed by atoms with Crippen molar-refractivity contribution in [2.45, 2.75) is 50.2 Å². The van der Waals surface area contributed by atoms with Gasteiger partial charge < -0.3 is 34.7 Å². The lowest BCUT2D eigenvalue weighted by Crippen LogP contribution is -2.52. The summed E-state index contributed by atoms with van der Waals surface area (Å²) in [6.07, 6.45) is -0.757. The first-order valence-electron chi connectivity index (χ1n) is 12.1. The summed E-state index contributed by atoms with van der Waals surface area (Å²) in [5, 5.41) is 15.8. The van der Waals surface area contributed by atoms with E-state index < -0.39 is 36.0 Å². The molecule has 0 aromatic heterocycles. The Morgan fingerprint density at radius 1 is 1.00 bits per heavy atom. The molecule has 4 unspecified atom stereocenters. The van der Waals surface area contributed by atoms with Gasteiger partial charge in [-0.15, -0.1) is 0 Å². The molecule has 0 radical (unpaired) electrons. The number of halogens is 2. The molecule has 2 amide bonds. The van der Waals surface area contributed by atoms with Gasteiger partial charge in [0.25, 0.3) is 11.8 Å². The van der Waals surface area contributed by atoms with Crippen LogP contribution in [-0.4, -0.2) is 67.2 Å². The van der Waals surface area contributed by atoms with Gasteiger partial charge in [-0.25, -0.2) is 4.79 Å². The lowest BCUT2D eigenvalue weighted by atomic mass is 10.0. The molecule has 12 heteroatoms. The molecule has 204 valence electrons. The third-order valence-electron chi connectivity index (χ3n) is 6.24. The van der Waals surface area contributed by atoms with Crippen LogP contribution in [0, 0.1) is 0 Å². The van der Waals surface area contributed by atoms with E-state index in [0.717, 1.165) is 12.8 Å². The van der Waals surface area contributed by atoms with Crippen LogP contribution in [-0.2, 0) is 41.6 Å². The number of ether oxygens (including phenoxy) is 4. The molecule has 2 fully saturated rings. The second-order valence-electron chi connectivity index (χ2n) is 8.91. The molecule has 2 aliphatic heterocycles. The summed E-state index contributed by atoms with van der Waals surface area (Å²) in [7, 11) is 0. The fraction of sp³-hybridized carbons (Fsp3) is 0.423. The Bertz CT molecular complexity index is 1120. The number of carbonyl (C=O) groups excluding carboxylic acids is 2. The normalized spacial score (nSPS) is 21.6. The summed E-state index contributed by atoms with van der Waals surface area (Å²) in [6, 6.07) is 10.7. The number of amides is 2. The molecular weight excluding hydrogens is 539 g/mol. The molecule has 0 spiro atoms. The van der Waals surface area contributed by atoms with E-state index >= 15 is 0 Å². The molecule has 4 rings (SSSR count). The smallest absolute Gasteiger partial charge is 0.326 e. The fourth-order valence-electron chi connectivity index (χ4n) is 4.14. The van der Waals surface area contributed by atoms with Gasteiger partial charge in [-0.05, 0) is 42.7 Å². The fourth-order valence-corrected chi connectivity index (χ4v) is 4.65. The van der Waals surface area contributed by atoms with Crippen molar-refractivity contribution in [3.63, 3.8) is 0 Å². The van der Waals surface area contributed by atoms with E-state index in [-0.39, 0.29) is 25.9 Å². The number of rotatable bonds is 11. The van der Waals surface area contributed by atoms with E-state index in [1.165, 1.54) is 0 Å². The number of hydrogen-bond acceptors (Lipinski definition) is 7. The Hall–Kier alpha value is -2.89. The Labute approximate surface area is 229 Å². The maximum atomic E-state index is 12.8. The topological polar surface area (TPSA) is 132 Å². The molecule has 38 heavy (non-hydrogen) atoms. The molecule has 3 N–H and O–H groups in total. The molecule has 0 aliphatic carbocycles. The standard InChI is InChI=1S/C26H28Cl2N2O8/c27-19-4-1-5-20(28)18(19)13-36-16-8-6-15(7-9-16)11-21(26(33)34)30-25(32)23-22(37-14-38-23)24(31)29-12-17-3-2-10-35-17/h1,4-9,17,21-23H,2-3,10-14H2,(H,29,31)(H,30,32)(H,33,34). The number of carboxylic acids is 1. The van der Waals surface area contributed by atoms with E-state index in [9.17, 15) is 19.5 Å². The largest absolute Gasteiger partial charge is 0.489 e. The van der Waals surface area contributed by atoms with Crippen LogP contribution < -0.4 is 15.4 Å². The first kappa shape index (κ1) is 28.1. The van der Waals surface area contributed by atoms with Crippen molar-refractivity contribution >= 4 is 41.0 Å². The van der Waals surface area contributed by atoms with Gasteiger partial charge in [0.05, 0.1) is 6.10 Å². The van der Waals surface area contributed by atoms with Crippen LogP contribution in [0.5, 0.6) is 5.75 Å². The average molecular weight is 567 g/mol. The van der Waals surface area contributed by atoms with Gasteiger partial charge in [0.15, 0.2) is 12.2 Å². The Kier molecular flexibility index (Phi) is 9.81. The van der Waals surface area contributed by atoms with Crippen LogP contribution >= 0.6 is 23.2 Å². The van der Waals surface area contributed by atoms with Crippen molar-refractivity contribution in [3.8, 4) is 5.75 Å². The van der Waals surface area contributed by atoms with Crippen molar-refractivity contribution in [2.75, 3.05) is 19.9 Å². The van der Waals surface area contributed by atoms with Gasteiger partial charge in [0, 0.05) is 35.2 Å². The predicted octanol–water partition coefficient (Wildman–Crippen LogP) is 2.72. The number of hydrogen-bond donors (Lipinski definition) is 3. The molecular formula is C26H28Cl2N2O8. The van der Waals surface area contributed by atoms with E-state index in [2.05, 4.69) is 10.6 Å². The Morgan fingerprint density at radius 3 is 2.32 bits per heavy atom. The maximum absolute atomic E-state index is 12.8. The van der Waals surface area contributed by atoms with E-state index in [0.29, 0.717) is 40.1 Å². The van der Waals surface area contributed by atoms with Gasteiger partial charge in [0.1, 0.15) is 25.2 Å². The molecule has 0 bridgehead atoms. The summed E-state index contributed by atoms with van der Waals surface area (Å²) in [4.78, 5) is 37.3. The van der Waals surface area contributed by atoms with E-state index in [1.807, 2.05) is 0 Å². The second-order valence-corrected chi connectivity index (χ2v) is 9.72. The zero-order valence-corrected chi connectivity index (χ0v) is 21.9. The van der Waals surface area contributed by atoms with E-state index in [1.54, 1.807) is 42.5 Å². The summed E-state index contributed by atoms with van der Waals surface area (Å²) in [5.41, 5.74) is 1.31. The Morgan fingerprint density at radius 2 is 1.68 bits per heavy atom. The monoisotopic (exact) mass is 566 g/mol. The van der Waals surface area contributed by atoms with Gasteiger partial charge in [-0.2, -0.15) is 0 Å². The van der Waals surface area contributed by atoms with Crippen molar-refractivity contribution in [1.29, 1.82) is 0 Å². The van der Waals surface area contributed by atoms with Gasteiger partial charge in [-0.3, -0.25) is 9.59 Å². The van der Waals surface area contributed by atoms with Crippen LogP contribution in [0.2, 0.25) is 10.0 Å². The van der Waals surface area contributed by atoms with Crippen molar-refractivity contribution < 1.29 is 38.4 Å². The number of nitrogens with one attached hydrogen (secondary N) is 2. The average Bonchev–Trinajstić information content (AvgIpc) is 3.60. The minimum atomic E-state index is -1.27. The van der Waals surface area contributed by atoms with Crippen LogP contribution in [0.15, 0.2) is 42.5 Å².